The molecule has 180 valence electrons. The fourth-order valence-corrected chi connectivity index (χ4v) is 5.81. The Hall–Kier alpha value is -2.89. The van der Waals surface area contributed by atoms with E-state index in [0.29, 0.717) is 52.9 Å². The predicted octanol–water partition coefficient (Wildman–Crippen LogP) is 1.81. The number of nitrogens with zero attached hydrogens (tertiary/aromatic N) is 5. The van der Waals surface area contributed by atoms with Crippen LogP contribution in [-0.4, -0.2) is 70.4 Å². The molecule has 2 aromatic heterocycles. The Morgan fingerprint density at radius 1 is 1.32 bits per heavy atom. The molecule has 11 heteroatoms. The number of hydrogen-bond acceptors (Lipinski definition) is 8. The summed E-state index contributed by atoms with van der Waals surface area (Å²) in [6, 6.07) is 5.32. The first-order chi connectivity index (χ1) is 16.2. The van der Waals surface area contributed by atoms with Crippen LogP contribution in [0.15, 0.2) is 23.1 Å². The van der Waals surface area contributed by atoms with Crippen molar-refractivity contribution in [3.05, 3.63) is 29.5 Å². The Kier molecular flexibility index (Phi) is 5.65. The van der Waals surface area contributed by atoms with Gasteiger partial charge in [0.1, 0.15) is 0 Å². The van der Waals surface area contributed by atoms with Gasteiger partial charge in [0.15, 0.2) is 26.9 Å². The topological polar surface area (TPSA) is 141 Å². The lowest BCUT2D eigenvalue weighted by Crippen LogP contribution is -2.35. The number of aliphatic hydroxyl groups is 1. The summed E-state index contributed by atoms with van der Waals surface area (Å²) in [5.74, 6) is 1.19. The third kappa shape index (κ3) is 3.87. The second-order valence-electron chi connectivity index (χ2n) is 9.52. The Morgan fingerprint density at radius 3 is 2.82 bits per heavy atom. The minimum absolute atomic E-state index is 0.0705. The molecular formula is C23H30N7O3S+. The molecule has 0 aliphatic carbocycles. The number of sulfone groups is 1. The smallest absolute Gasteiger partial charge is 0.349 e. The summed E-state index contributed by atoms with van der Waals surface area (Å²) >= 11 is 0. The van der Waals surface area contributed by atoms with Crippen LogP contribution in [-0.2, 0) is 22.9 Å². The molecule has 1 unspecified atom stereocenters. The zero-order chi connectivity index (χ0) is 24.1. The largest absolute Gasteiger partial charge is 0.390 e. The first-order valence-corrected chi connectivity index (χ1v) is 13.4. The molecule has 0 bridgehead atoms. The van der Waals surface area contributed by atoms with Crippen molar-refractivity contribution in [3.63, 3.8) is 0 Å². The lowest BCUT2D eigenvalue weighted by Gasteiger charge is -2.30. The Labute approximate surface area is 198 Å². The zero-order valence-corrected chi connectivity index (χ0v) is 20.3. The van der Waals surface area contributed by atoms with E-state index in [1.54, 1.807) is 12.1 Å². The van der Waals surface area contributed by atoms with Gasteiger partial charge in [-0.1, -0.05) is 13.0 Å². The molecule has 3 aromatic rings. The second kappa shape index (κ2) is 8.40. The lowest BCUT2D eigenvalue weighted by atomic mass is 9.82. The maximum atomic E-state index is 12.3. The summed E-state index contributed by atoms with van der Waals surface area (Å²) in [7, 11) is -3.35. The van der Waals surface area contributed by atoms with Gasteiger partial charge in [-0.3, -0.25) is 0 Å². The van der Waals surface area contributed by atoms with Gasteiger partial charge in [-0.25, -0.2) is 23.1 Å². The number of aromatic nitrogens is 4. The van der Waals surface area contributed by atoms with E-state index in [1.165, 1.54) is 6.26 Å². The van der Waals surface area contributed by atoms with Crippen LogP contribution in [0.2, 0.25) is 0 Å². The maximum absolute atomic E-state index is 12.3. The van der Waals surface area contributed by atoms with E-state index in [9.17, 15) is 13.5 Å². The maximum Gasteiger partial charge on any atom is 0.349 e. The van der Waals surface area contributed by atoms with Crippen molar-refractivity contribution < 1.29 is 18.1 Å². The van der Waals surface area contributed by atoms with Gasteiger partial charge in [0.25, 0.3) is 5.65 Å². The van der Waals surface area contributed by atoms with Gasteiger partial charge in [-0.05, 0) is 53.9 Å². The lowest BCUT2D eigenvalue weighted by molar-refractivity contribution is -0.451. The Bertz CT molecular complexity index is 1400. The van der Waals surface area contributed by atoms with E-state index < -0.39 is 9.84 Å². The highest BCUT2D eigenvalue weighted by Gasteiger charge is 2.33. The van der Waals surface area contributed by atoms with Gasteiger partial charge < -0.3 is 15.7 Å². The molecule has 4 heterocycles. The summed E-state index contributed by atoms with van der Waals surface area (Å²) in [6.45, 7) is 3.97. The Morgan fingerprint density at radius 2 is 2.15 bits per heavy atom. The van der Waals surface area contributed by atoms with Gasteiger partial charge in [0.2, 0.25) is 0 Å². The average Bonchev–Trinajstić information content (AvgIpc) is 3.25. The molecule has 2 aliphatic rings. The molecule has 1 aromatic carbocycles. The van der Waals surface area contributed by atoms with Gasteiger partial charge >= 0.3 is 5.82 Å². The van der Waals surface area contributed by atoms with Gasteiger partial charge in [-0.2, -0.15) is 5.10 Å². The van der Waals surface area contributed by atoms with E-state index in [1.807, 2.05) is 15.5 Å². The van der Waals surface area contributed by atoms with Crippen molar-refractivity contribution in [2.75, 3.05) is 30.8 Å². The number of rotatable bonds is 5. The predicted molar refractivity (Wildman–Crippen MR) is 130 cm³/mol. The van der Waals surface area contributed by atoms with E-state index >= 15 is 0 Å². The first-order valence-electron chi connectivity index (χ1n) is 11.5. The van der Waals surface area contributed by atoms with E-state index in [0.717, 1.165) is 37.1 Å². The van der Waals surface area contributed by atoms with Crippen molar-refractivity contribution >= 4 is 44.5 Å². The molecular weight excluding hydrogens is 454 g/mol. The third-order valence-corrected chi connectivity index (χ3v) is 8.15. The quantitative estimate of drug-likeness (QED) is 0.466. The van der Waals surface area contributed by atoms with Crippen molar-refractivity contribution in [2.45, 2.75) is 44.1 Å². The van der Waals surface area contributed by atoms with Crippen LogP contribution in [0.1, 0.15) is 37.4 Å². The van der Waals surface area contributed by atoms with Crippen LogP contribution in [0.4, 0.5) is 17.3 Å². The number of aromatic amines is 1. The first kappa shape index (κ1) is 22.9. The summed E-state index contributed by atoms with van der Waals surface area (Å²) in [5.41, 5.74) is 9.16. The zero-order valence-electron chi connectivity index (χ0n) is 19.5. The van der Waals surface area contributed by atoms with Crippen molar-refractivity contribution in [3.8, 4) is 0 Å². The SMILES string of the molecule is CC1(CN)CC=[N+](c2nc3[nH]nc(N4CCCc5c4cccc5S(C)(=O)=O)c3nc2CO)CC1. The van der Waals surface area contributed by atoms with Gasteiger partial charge in [0, 0.05) is 24.9 Å². The molecule has 0 spiro atoms. The highest BCUT2D eigenvalue weighted by atomic mass is 32.2. The van der Waals surface area contributed by atoms with E-state index in [-0.39, 0.29) is 12.0 Å². The molecule has 2 aliphatic heterocycles. The molecule has 5 rings (SSSR count). The molecule has 1 atom stereocenters. The minimum atomic E-state index is -3.35. The normalized spacial score (nSPS) is 20.9. The van der Waals surface area contributed by atoms with Crippen LogP contribution in [0.5, 0.6) is 0 Å². The Balaban J connectivity index is 1.58. The summed E-state index contributed by atoms with van der Waals surface area (Å²) < 4.78 is 26.7. The summed E-state index contributed by atoms with van der Waals surface area (Å²) in [6.07, 6.45) is 6.54. The molecule has 0 radical (unpaired) electrons. The number of aliphatic hydroxyl groups excluding tert-OH is 1. The number of H-pyrrole nitrogens is 1. The third-order valence-electron chi connectivity index (χ3n) is 6.96. The number of benzene rings is 1. The summed E-state index contributed by atoms with van der Waals surface area (Å²) in [5, 5.41) is 17.6. The number of nitrogens with one attached hydrogen (secondary N) is 1. The van der Waals surface area contributed by atoms with Crippen LogP contribution in [0.25, 0.3) is 11.2 Å². The van der Waals surface area contributed by atoms with Gasteiger partial charge in [0.05, 0.1) is 24.3 Å². The standard InChI is InChI=1S/C23H30N7O3S/c1-23(14-24)8-11-29(12-9-23)21-16(13-31)25-19-20(26-21)27-28-22(19)30-10-4-5-15-17(30)6-3-7-18(15)34(2,32)33/h3,6-7,11,31H,4-5,8-10,12-14,24H2,1-2H3,(H,26,27,28)/q+1. The molecule has 10 nitrogen and oxygen atoms in total. The summed E-state index contributed by atoms with van der Waals surface area (Å²) in [4.78, 5) is 11.9. The van der Waals surface area contributed by atoms with Gasteiger partial charge in [-0.15, -0.1) is 0 Å². The molecule has 0 saturated heterocycles. The van der Waals surface area contributed by atoms with Crippen LogP contribution in [0.3, 0.4) is 0 Å². The molecule has 0 amide bonds. The fraction of sp³-hybridized carbons (Fsp3) is 0.478. The highest BCUT2D eigenvalue weighted by molar-refractivity contribution is 7.90. The van der Waals surface area contributed by atoms with Crippen LogP contribution in [0, 0.1) is 5.41 Å². The number of nitrogens with two attached hydrogens (primary N) is 1. The molecule has 0 fully saturated rings. The van der Waals surface area contributed by atoms with Crippen molar-refractivity contribution in [2.24, 2.45) is 11.1 Å². The number of fused-ring (bicyclic) bond motifs is 2. The number of anilines is 2. The van der Waals surface area contributed by atoms with Crippen molar-refractivity contribution in [1.82, 2.24) is 20.2 Å². The van der Waals surface area contributed by atoms with Crippen molar-refractivity contribution in [1.29, 1.82) is 0 Å². The van der Waals surface area contributed by atoms with Crippen LogP contribution < -0.4 is 10.6 Å². The molecule has 0 saturated carbocycles. The van der Waals surface area contributed by atoms with Crippen LogP contribution >= 0.6 is 0 Å². The molecule has 4 N–H and O–H groups in total. The number of hydrogen-bond donors (Lipinski definition) is 3. The fourth-order valence-electron chi connectivity index (χ4n) is 4.83. The monoisotopic (exact) mass is 484 g/mol. The van der Waals surface area contributed by atoms with E-state index in [2.05, 4.69) is 23.3 Å². The van der Waals surface area contributed by atoms with E-state index in [4.69, 9.17) is 15.7 Å². The second-order valence-corrected chi connectivity index (χ2v) is 11.5. The minimum Gasteiger partial charge on any atom is -0.390 e. The highest BCUT2D eigenvalue weighted by Crippen LogP contribution is 2.38. The molecule has 34 heavy (non-hydrogen) atoms. The average molecular weight is 485 g/mol.